The van der Waals surface area contributed by atoms with Gasteiger partial charge in [-0.15, -0.1) is 0 Å². The zero-order valence-electron chi connectivity index (χ0n) is 9.95. The van der Waals surface area contributed by atoms with Crippen LogP contribution in [-0.2, 0) is 4.79 Å². The number of aryl methyl sites for hydroxylation is 1. The first-order valence-corrected chi connectivity index (χ1v) is 5.39. The largest absolute Gasteiger partial charge is 0.374 e. The molecule has 1 atom stereocenters. The predicted octanol–water partition coefficient (Wildman–Crippen LogP) is 1.05. The second-order valence-electron chi connectivity index (χ2n) is 3.81. The minimum absolute atomic E-state index is 0.271. The number of hydrogen-bond donors (Lipinski definition) is 3. The fraction of sp³-hybridized carbons (Fsp3) is 0.333. The standard InChI is InChI=1S/C12H16N4O/c1-3-11(12(17)16-14)15-10-5-8(2)4-9(6-10)7-13/h4-6,11,15H,3,14H2,1-2H3,(H,16,17). The fourth-order valence-corrected chi connectivity index (χ4v) is 1.59. The Kier molecular flexibility index (Phi) is 4.49. The van der Waals surface area contributed by atoms with Crippen molar-refractivity contribution >= 4 is 11.6 Å². The Hall–Kier alpha value is -2.06. The molecule has 5 heteroatoms. The molecule has 1 rings (SSSR count). The third kappa shape index (κ3) is 3.47. The lowest BCUT2D eigenvalue weighted by Gasteiger charge is -2.16. The normalized spacial score (nSPS) is 11.4. The molecule has 0 fully saturated rings. The molecule has 0 saturated heterocycles. The number of nitrogens with two attached hydrogens (primary N) is 1. The minimum Gasteiger partial charge on any atom is -0.374 e. The van der Waals surface area contributed by atoms with E-state index in [0.717, 1.165) is 11.3 Å². The number of benzene rings is 1. The third-order valence-electron chi connectivity index (χ3n) is 2.41. The molecule has 0 aliphatic rings. The van der Waals surface area contributed by atoms with Gasteiger partial charge in [0.15, 0.2) is 0 Å². The number of nitrogens with one attached hydrogen (secondary N) is 2. The number of hydrazine groups is 1. The maximum atomic E-state index is 11.4. The van der Waals surface area contributed by atoms with Gasteiger partial charge in [0.25, 0.3) is 5.91 Å². The van der Waals surface area contributed by atoms with Crippen molar-refractivity contribution in [1.82, 2.24) is 5.43 Å². The summed E-state index contributed by atoms with van der Waals surface area (Å²) in [4.78, 5) is 11.4. The molecule has 1 aromatic rings. The van der Waals surface area contributed by atoms with E-state index >= 15 is 0 Å². The molecule has 1 aromatic carbocycles. The van der Waals surface area contributed by atoms with Gasteiger partial charge in [0.2, 0.25) is 0 Å². The minimum atomic E-state index is -0.395. The van der Waals surface area contributed by atoms with E-state index in [1.165, 1.54) is 0 Å². The Labute approximate surface area is 101 Å². The fourth-order valence-electron chi connectivity index (χ4n) is 1.59. The van der Waals surface area contributed by atoms with Crippen LogP contribution in [0.5, 0.6) is 0 Å². The Morgan fingerprint density at radius 2 is 2.24 bits per heavy atom. The van der Waals surface area contributed by atoms with Gasteiger partial charge < -0.3 is 5.32 Å². The quantitative estimate of drug-likeness (QED) is 0.411. The van der Waals surface area contributed by atoms with E-state index in [2.05, 4.69) is 16.8 Å². The SMILES string of the molecule is CCC(Nc1cc(C)cc(C#N)c1)C(=O)NN. The molecular formula is C12H16N4O. The van der Waals surface area contributed by atoms with E-state index in [-0.39, 0.29) is 5.91 Å². The molecule has 0 aliphatic carbocycles. The molecule has 0 heterocycles. The average Bonchev–Trinajstić information content (AvgIpc) is 2.34. The predicted molar refractivity (Wildman–Crippen MR) is 65.9 cm³/mol. The van der Waals surface area contributed by atoms with Crippen LogP contribution in [0.25, 0.3) is 0 Å². The van der Waals surface area contributed by atoms with Crippen molar-refractivity contribution in [3.63, 3.8) is 0 Å². The lowest BCUT2D eigenvalue weighted by atomic mass is 10.1. The van der Waals surface area contributed by atoms with Crippen molar-refractivity contribution in [3.05, 3.63) is 29.3 Å². The van der Waals surface area contributed by atoms with Crippen LogP contribution in [0.15, 0.2) is 18.2 Å². The summed E-state index contributed by atoms with van der Waals surface area (Å²) in [5.41, 5.74) is 4.39. The zero-order valence-corrected chi connectivity index (χ0v) is 9.95. The maximum Gasteiger partial charge on any atom is 0.256 e. The maximum absolute atomic E-state index is 11.4. The van der Waals surface area contributed by atoms with Crippen LogP contribution in [0, 0.1) is 18.3 Å². The molecule has 0 saturated carbocycles. The Morgan fingerprint density at radius 3 is 2.76 bits per heavy atom. The second kappa shape index (κ2) is 5.87. The van der Waals surface area contributed by atoms with E-state index < -0.39 is 6.04 Å². The number of hydrogen-bond acceptors (Lipinski definition) is 4. The zero-order chi connectivity index (χ0) is 12.8. The van der Waals surface area contributed by atoms with Gasteiger partial charge in [-0.1, -0.05) is 6.92 Å². The highest BCUT2D eigenvalue weighted by Gasteiger charge is 2.14. The van der Waals surface area contributed by atoms with Gasteiger partial charge >= 0.3 is 0 Å². The first kappa shape index (κ1) is 13.0. The smallest absolute Gasteiger partial charge is 0.256 e. The van der Waals surface area contributed by atoms with Gasteiger partial charge in [-0.3, -0.25) is 10.2 Å². The van der Waals surface area contributed by atoms with Crippen LogP contribution >= 0.6 is 0 Å². The molecule has 0 aromatic heterocycles. The number of nitrogens with zero attached hydrogens (tertiary/aromatic N) is 1. The molecule has 4 N–H and O–H groups in total. The summed E-state index contributed by atoms with van der Waals surface area (Å²) in [6.45, 7) is 3.78. The summed E-state index contributed by atoms with van der Waals surface area (Å²) in [6, 6.07) is 7.06. The summed E-state index contributed by atoms with van der Waals surface area (Å²) in [5, 5.41) is 11.9. The van der Waals surface area contributed by atoms with Crippen molar-refractivity contribution in [2.24, 2.45) is 5.84 Å². The number of rotatable bonds is 4. The molecule has 17 heavy (non-hydrogen) atoms. The van der Waals surface area contributed by atoms with Gasteiger partial charge in [0.1, 0.15) is 6.04 Å². The summed E-state index contributed by atoms with van der Waals surface area (Å²) in [5.74, 6) is 4.83. The summed E-state index contributed by atoms with van der Waals surface area (Å²) in [7, 11) is 0. The third-order valence-corrected chi connectivity index (χ3v) is 2.41. The first-order chi connectivity index (χ1) is 8.10. The van der Waals surface area contributed by atoms with E-state index in [0.29, 0.717) is 12.0 Å². The number of carbonyl (C=O) groups is 1. The van der Waals surface area contributed by atoms with Crippen molar-refractivity contribution in [2.45, 2.75) is 26.3 Å². The van der Waals surface area contributed by atoms with E-state index in [1.54, 1.807) is 12.1 Å². The number of carbonyl (C=O) groups excluding carboxylic acids is 1. The molecule has 5 nitrogen and oxygen atoms in total. The summed E-state index contributed by atoms with van der Waals surface area (Å²) >= 11 is 0. The monoisotopic (exact) mass is 232 g/mol. The van der Waals surface area contributed by atoms with Crippen molar-refractivity contribution in [1.29, 1.82) is 5.26 Å². The number of amides is 1. The Balaban J connectivity index is 2.90. The van der Waals surface area contributed by atoms with Gasteiger partial charge in [-0.05, 0) is 37.1 Å². The van der Waals surface area contributed by atoms with Crippen molar-refractivity contribution < 1.29 is 4.79 Å². The van der Waals surface area contributed by atoms with Crippen LogP contribution in [0.4, 0.5) is 5.69 Å². The van der Waals surface area contributed by atoms with Crippen LogP contribution < -0.4 is 16.6 Å². The molecular weight excluding hydrogens is 216 g/mol. The van der Waals surface area contributed by atoms with Crippen molar-refractivity contribution in [3.8, 4) is 6.07 Å². The van der Waals surface area contributed by atoms with Gasteiger partial charge in [0, 0.05) is 5.69 Å². The van der Waals surface area contributed by atoms with Gasteiger partial charge in [-0.2, -0.15) is 5.26 Å². The highest BCUT2D eigenvalue weighted by atomic mass is 16.2. The second-order valence-corrected chi connectivity index (χ2v) is 3.81. The molecule has 90 valence electrons. The highest BCUT2D eigenvalue weighted by Crippen LogP contribution is 2.15. The molecule has 0 aliphatic heterocycles. The summed E-state index contributed by atoms with van der Waals surface area (Å²) < 4.78 is 0. The van der Waals surface area contributed by atoms with Crippen LogP contribution in [0.1, 0.15) is 24.5 Å². The number of nitriles is 1. The number of anilines is 1. The first-order valence-electron chi connectivity index (χ1n) is 5.39. The molecule has 1 amide bonds. The molecule has 1 unspecified atom stereocenters. The lowest BCUT2D eigenvalue weighted by Crippen LogP contribution is -2.42. The van der Waals surface area contributed by atoms with Crippen LogP contribution in [-0.4, -0.2) is 11.9 Å². The summed E-state index contributed by atoms with van der Waals surface area (Å²) in [6.07, 6.45) is 0.610. The average molecular weight is 232 g/mol. The van der Waals surface area contributed by atoms with E-state index in [1.807, 2.05) is 19.9 Å². The van der Waals surface area contributed by atoms with E-state index in [4.69, 9.17) is 11.1 Å². The Bertz CT molecular complexity index is 450. The molecule has 0 spiro atoms. The van der Waals surface area contributed by atoms with E-state index in [9.17, 15) is 4.79 Å². The van der Waals surface area contributed by atoms with Crippen molar-refractivity contribution in [2.75, 3.05) is 5.32 Å². The lowest BCUT2D eigenvalue weighted by molar-refractivity contribution is -0.121. The molecule has 0 radical (unpaired) electrons. The highest BCUT2D eigenvalue weighted by molar-refractivity contribution is 5.84. The van der Waals surface area contributed by atoms with Crippen LogP contribution in [0.3, 0.4) is 0 Å². The topological polar surface area (TPSA) is 90.9 Å². The molecule has 0 bridgehead atoms. The van der Waals surface area contributed by atoms with Crippen LogP contribution in [0.2, 0.25) is 0 Å². The Morgan fingerprint density at radius 1 is 1.53 bits per heavy atom. The van der Waals surface area contributed by atoms with Gasteiger partial charge in [-0.25, -0.2) is 5.84 Å². The van der Waals surface area contributed by atoms with Gasteiger partial charge in [0.05, 0.1) is 11.6 Å².